The molecule has 0 unspecified atom stereocenters. The minimum atomic E-state index is -1.41. The summed E-state index contributed by atoms with van der Waals surface area (Å²) in [4.78, 5) is 60.4. The lowest BCUT2D eigenvalue weighted by Gasteiger charge is -2.36. The van der Waals surface area contributed by atoms with Crippen LogP contribution >= 0.6 is 0 Å². The monoisotopic (exact) mass is 662 g/mol. The number of likely N-dealkylation sites (N-methyl/N-ethyl adjacent to an activating group) is 1. The Hall–Kier alpha value is -4.86. The zero-order chi connectivity index (χ0) is 34.5. The standard InChI is InChI=1S/C35H37F3N6O4/c1-18(2)11-28(33(47)44-17-35(15-20(44)16-39)22-9-4-5-10-25(22)42-34(35)48)43(3)32(46)27(12-19-7-6-8-19)41-31(45)26-13-21-23(36)14-24(37)29(38)30(21)40-26/h4-5,9-10,13-14,18-20,27-28,40H,6-8,11-12,15,17H2,1-3H3,(H,41,45)(H,42,48)/t20-,27-,28-,35-/m0/s1. The van der Waals surface area contributed by atoms with Crippen LogP contribution in [0.2, 0.25) is 0 Å². The summed E-state index contributed by atoms with van der Waals surface area (Å²) in [6.07, 6.45) is 3.31. The Morgan fingerprint density at radius 3 is 2.54 bits per heavy atom. The molecule has 1 spiro atoms. The van der Waals surface area contributed by atoms with Gasteiger partial charge in [0, 0.05) is 37.2 Å². The van der Waals surface area contributed by atoms with E-state index < -0.39 is 64.2 Å². The van der Waals surface area contributed by atoms with E-state index >= 15 is 0 Å². The molecule has 1 saturated carbocycles. The molecular weight excluding hydrogens is 625 g/mol. The van der Waals surface area contributed by atoms with Crippen LogP contribution in [0.15, 0.2) is 36.4 Å². The van der Waals surface area contributed by atoms with Gasteiger partial charge in [0.15, 0.2) is 11.6 Å². The fourth-order valence-electron chi connectivity index (χ4n) is 7.28. The number of benzene rings is 2. The van der Waals surface area contributed by atoms with E-state index in [1.165, 1.54) is 16.8 Å². The molecule has 2 fully saturated rings. The van der Waals surface area contributed by atoms with Crippen molar-refractivity contribution in [2.24, 2.45) is 11.8 Å². The molecule has 4 amide bonds. The van der Waals surface area contributed by atoms with Crippen molar-refractivity contribution < 1.29 is 32.3 Å². The van der Waals surface area contributed by atoms with E-state index in [4.69, 9.17) is 0 Å². The smallest absolute Gasteiger partial charge is 0.268 e. The number of hydrogen-bond acceptors (Lipinski definition) is 5. The van der Waals surface area contributed by atoms with Gasteiger partial charge in [-0.3, -0.25) is 19.2 Å². The highest BCUT2D eigenvalue weighted by Gasteiger charge is 2.56. The van der Waals surface area contributed by atoms with E-state index in [2.05, 4.69) is 21.7 Å². The average molecular weight is 663 g/mol. The zero-order valence-electron chi connectivity index (χ0n) is 26.9. The molecule has 0 radical (unpaired) electrons. The van der Waals surface area contributed by atoms with E-state index in [0.717, 1.165) is 30.9 Å². The van der Waals surface area contributed by atoms with Gasteiger partial charge in [-0.15, -0.1) is 0 Å². The average Bonchev–Trinajstić information content (AvgIpc) is 3.73. The number of aromatic nitrogens is 1. The van der Waals surface area contributed by atoms with Crippen LogP contribution in [0.1, 0.15) is 68.4 Å². The van der Waals surface area contributed by atoms with Gasteiger partial charge >= 0.3 is 0 Å². The van der Waals surface area contributed by atoms with Crippen molar-refractivity contribution in [3.63, 3.8) is 0 Å². The number of amides is 4. The van der Waals surface area contributed by atoms with Crippen molar-refractivity contribution in [3.05, 3.63) is 65.1 Å². The first-order valence-corrected chi connectivity index (χ1v) is 16.2. The quantitative estimate of drug-likeness (QED) is 0.284. The zero-order valence-corrected chi connectivity index (χ0v) is 26.9. The highest BCUT2D eigenvalue weighted by atomic mass is 19.2. The van der Waals surface area contributed by atoms with Crippen molar-refractivity contribution in [3.8, 4) is 6.07 Å². The number of nitriles is 1. The Balaban J connectivity index is 1.27. The topological polar surface area (TPSA) is 138 Å². The highest BCUT2D eigenvalue weighted by Crippen LogP contribution is 2.46. The van der Waals surface area contributed by atoms with Crippen LogP contribution in [0.25, 0.3) is 10.9 Å². The summed E-state index contributed by atoms with van der Waals surface area (Å²) in [7, 11) is 1.48. The van der Waals surface area contributed by atoms with Gasteiger partial charge in [0.05, 0.1) is 17.0 Å². The van der Waals surface area contributed by atoms with Crippen LogP contribution < -0.4 is 10.6 Å². The molecule has 48 heavy (non-hydrogen) atoms. The van der Waals surface area contributed by atoms with E-state index in [1.54, 1.807) is 18.2 Å². The number of likely N-dealkylation sites (tertiary alicyclic amines) is 1. The van der Waals surface area contributed by atoms with Crippen molar-refractivity contribution in [1.29, 1.82) is 5.26 Å². The Morgan fingerprint density at radius 1 is 1.15 bits per heavy atom. The lowest BCUT2D eigenvalue weighted by molar-refractivity contribution is -0.146. The van der Waals surface area contributed by atoms with Crippen LogP contribution in [0.3, 0.4) is 0 Å². The molecule has 252 valence electrons. The number of fused-ring (bicyclic) bond motifs is 3. The summed E-state index contributed by atoms with van der Waals surface area (Å²) in [5, 5.41) is 15.4. The predicted octanol–water partition coefficient (Wildman–Crippen LogP) is 4.76. The summed E-state index contributed by atoms with van der Waals surface area (Å²) in [6, 6.07) is 7.83. The minimum Gasteiger partial charge on any atom is -0.348 e. The second kappa shape index (κ2) is 12.6. The van der Waals surface area contributed by atoms with Gasteiger partial charge in [-0.2, -0.15) is 5.26 Å². The molecule has 3 heterocycles. The van der Waals surface area contributed by atoms with E-state index in [9.17, 15) is 37.6 Å². The van der Waals surface area contributed by atoms with Crippen LogP contribution in [0.5, 0.6) is 0 Å². The number of aromatic amines is 1. The first kappa shape index (κ1) is 33.1. The molecule has 10 nitrogen and oxygen atoms in total. The number of halogens is 3. The summed E-state index contributed by atoms with van der Waals surface area (Å²) in [5.74, 6) is -5.81. The number of H-pyrrole nitrogens is 1. The first-order valence-electron chi connectivity index (χ1n) is 16.2. The lowest BCUT2D eigenvalue weighted by atomic mass is 9.80. The number of carbonyl (C=O) groups is 4. The lowest BCUT2D eigenvalue weighted by Crippen LogP contribution is -2.56. The third kappa shape index (κ3) is 5.67. The first-order chi connectivity index (χ1) is 22.8. The van der Waals surface area contributed by atoms with Gasteiger partial charge in [0.25, 0.3) is 5.91 Å². The molecule has 2 aliphatic heterocycles. The summed E-state index contributed by atoms with van der Waals surface area (Å²) >= 11 is 0. The highest BCUT2D eigenvalue weighted by molar-refractivity contribution is 6.07. The summed E-state index contributed by atoms with van der Waals surface area (Å²) in [5.41, 5.74) is -0.502. The molecule has 1 aromatic heterocycles. The van der Waals surface area contributed by atoms with E-state index in [0.29, 0.717) is 11.8 Å². The van der Waals surface area contributed by atoms with Crippen LogP contribution in [-0.4, -0.2) is 70.1 Å². The van der Waals surface area contributed by atoms with Gasteiger partial charge in [-0.05, 0) is 42.4 Å². The molecule has 3 N–H and O–H groups in total. The molecule has 3 aromatic rings. The molecule has 2 aromatic carbocycles. The van der Waals surface area contributed by atoms with Gasteiger partial charge in [0.1, 0.15) is 29.6 Å². The van der Waals surface area contributed by atoms with Gasteiger partial charge < -0.3 is 25.4 Å². The molecule has 4 atom stereocenters. The van der Waals surface area contributed by atoms with Crippen LogP contribution in [0.4, 0.5) is 18.9 Å². The number of nitrogens with one attached hydrogen (secondary N) is 3. The Kier molecular flexibility index (Phi) is 8.70. The van der Waals surface area contributed by atoms with Gasteiger partial charge in [-0.1, -0.05) is 51.3 Å². The normalized spacial score (nSPS) is 21.5. The van der Waals surface area contributed by atoms with Crippen molar-refractivity contribution in [1.82, 2.24) is 20.1 Å². The second-order valence-corrected chi connectivity index (χ2v) is 13.7. The molecule has 1 saturated heterocycles. The SMILES string of the molecule is CC(C)C[C@@H](C(=O)N1C[C@]2(C[C@H]1C#N)C(=O)Nc1ccccc12)N(C)C(=O)[C@H](CC1CCC1)NC(=O)c1cc2c(F)cc(F)c(F)c2[nH]1. The van der Waals surface area contributed by atoms with Crippen LogP contribution in [-0.2, 0) is 19.8 Å². The second-order valence-electron chi connectivity index (χ2n) is 13.7. The molecule has 0 bridgehead atoms. The van der Waals surface area contributed by atoms with Gasteiger partial charge in [-0.25, -0.2) is 13.2 Å². The summed E-state index contributed by atoms with van der Waals surface area (Å²) in [6.45, 7) is 3.77. The fourth-order valence-corrected chi connectivity index (χ4v) is 7.28. The van der Waals surface area contributed by atoms with E-state index in [-0.39, 0.29) is 54.6 Å². The Labute approximate surface area is 275 Å². The minimum absolute atomic E-state index is 0.0279. The fraction of sp³-hybridized carbons (Fsp3) is 0.457. The summed E-state index contributed by atoms with van der Waals surface area (Å²) < 4.78 is 42.6. The number of rotatable bonds is 9. The number of hydrogen-bond donors (Lipinski definition) is 3. The Bertz CT molecular complexity index is 1850. The van der Waals surface area contributed by atoms with Crippen molar-refractivity contribution >= 4 is 40.2 Å². The number of para-hydroxylation sites is 1. The maximum Gasteiger partial charge on any atom is 0.268 e. The van der Waals surface area contributed by atoms with Crippen LogP contribution in [0, 0.1) is 40.6 Å². The Morgan fingerprint density at radius 2 is 1.88 bits per heavy atom. The van der Waals surface area contributed by atoms with Gasteiger partial charge in [0.2, 0.25) is 17.7 Å². The third-order valence-electron chi connectivity index (χ3n) is 10.1. The van der Waals surface area contributed by atoms with Crippen molar-refractivity contribution in [2.75, 3.05) is 18.9 Å². The molecule has 1 aliphatic carbocycles. The van der Waals surface area contributed by atoms with E-state index in [1.807, 2.05) is 19.9 Å². The number of nitrogens with zero attached hydrogens (tertiary/aromatic N) is 3. The molecule has 13 heteroatoms. The molecule has 3 aliphatic rings. The number of carbonyl (C=O) groups excluding carboxylic acids is 4. The maximum absolute atomic E-state index is 14.4. The number of anilines is 1. The largest absolute Gasteiger partial charge is 0.348 e. The maximum atomic E-state index is 14.4. The third-order valence-corrected chi connectivity index (χ3v) is 10.1. The predicted molar refractivity (Wildman–Crippen MR) is 170 cm³/mol. The van der Waals surface area contributed by atoms with Crippen molar-refractivity contribution in [2.45, 2.75) is 75.9 Å². The molecular formula is C35H37F3N6O4. The molecule has 6 rings (SSSR count).